The quantitative estimate of drug-likeness (QED) is 0.182. The smallest absolute Gasteiger partial charge is 0.143 e. The van der Waals surface area contributed by atoms with Crippen molar-refractivity contribution in [2.45, 2.75) is 38.5 Å². The third-order valence-electron chi connectivity index (χ3n) is 12.4. The fraction of sp³-hybridized carbons (Fsp3) is 0.115. The lowest BCUT2D eigenvalue weighted by molar-refractivity contribution is 0.660. The molecule has 2 heteroatoms. The van der Waals surface area contributed by atoms with E-state index in [0.29, 0.717) is 0 Å². The second-order valence-corrected chi connectivity index (χ2v) is 16.1. The molecule has 0 saturated carbocycles. The van der Waals surface area contributed by atoms with E-state index in [0.717, 1.165) is 50.1 Å². The zero-order valence-electron chi connectivity index (χ0n) is 30.9. The molecule has 0 fully saturated rings. The number of rotatable bonds is 4. The molecule has 0 bridgehead atoms. The minimum absolute atomic E-state index is 0.135. The van der Waals surface area contributed by atoms with E-state index in [1.807, 2.05) is 0 Å². The molecule has 2 aliphatic rings. The molecular formula is C52H39NO. The summed E-state index contributed by atoms with van der Waals surface area (Å²) in [5.41, 5.74) is 17.9. The van der Waals surface area contributed by atoms with Gasteiger partial charge in [-0.3, -0.25) is 0 Å². The van der Waals surface area contributed by atoms with Crippen LogP contribution in [0.3, 0.4) is 0 Å². The molecule has 0 N–H and O–H groups in total. The van der Waals surface area contributed by atoms with Crippen molar-refractivity contribution in [1.29, 1.82) is 0 Å². The molecule has 0 atom stereocenters. The standard InChI is InChI=1S/C52H39NO/c1-51(2)42-21-12-10-19-37(42)39-27-25-34(30-44(39)51)53(35-26-28-40-38-20-11-13-22-43(38)52(3,4)45(40)31-35)46-23-14-24-47-49(46)48-36-18-9-8-17-33(36)29-41(50(48)54-47)32-15-6-5-7-16-32/h5-31H,1-4H3. The van der Waals surface area contributed by atoms with E-state index in [-0.39, 0.29) is 10.8 Å². The van der Waals surface area contributed by atoms with Crippen LogP contribution in [0.4, 0.5) is 17.1 Å². The fourth-order valence-corrected chi connectivity index (χ4v) is 9.76. The van der Waals surface area contributed by atoms with Gasteiger partial charge in [0.15, 0.2) is 0 Å². The van der Waals surface area contributed by atoms with Crippen LogP contribution in [0.1, 0.15) is 49.9 Å². The summed E-state index contributed by atoms with van der Waals surface area (Å²) in [5.74, 6) is 0. The lowest BCUT2D eigenvalue weighted by Gasteiger charge is -2.30. The summed E-state index contributed by atoms with van der Waals surface area (Å²) in [6.45, 7) is 9.45. The van der Waals surface area contributed by atoms with E-state index < -0.39 is 0 Å². The highest BCUT2D eigenvalue weighted by atomic mass is 16.3. The van der Waals surface area contributed by atoms with E-state index in [4.69, 9.17) is 4.42 Å². The van der Waals surface area contributed by atoms with Crippen molar-refractivity contribution < 1.29 is 4.42 Å². The Kier molecular flexibility index (Phi) is 6.39. The first-order valence-electron chi connectivity index (χ1n) is 19.0. The fourth-order valence-electron chi connectivity index (χ4n) is 9.76. The molecule has 0 saturated heterocycles. The largest absolute Gasteiger partial charge is 0.455 e. The Hall–Kier alpha value is -6.38. The van der Waals surface area contributed by atoms with Crippen LogP contribution in [-0.4, -0.2) is 0 Å². The van der Waals surface area contributed by atoms with E-state index in [9.17, 15) is 0 Å². The average molecular weight is 694 g/mol. The van der Waals surface area contributed by atoms with E-state index in [1.54, 1.807) is 0 Å². The summed E-state index contributed by atoms with van der Waals surface area (Å²) in [4.78, 5) is 2.49. The van der Waals surface area contributed by atoms with Crippen molar-refractivity contribution >= 4 is 49.8 Å². The maximum absolute atomic E-state index is 6.98. The number of benzene rings is 8. The lowest BCUT2D eigenvalue weighted by Crippen LogP contribution is -2.18. The van der Waals surface area contributed by atoms with Crippen LogP contribution in [0, 0.1) is 0 Å². The first-order valence-corrected chi connectivity index (χ1v) is 19.0. The van der Waals surface area contributed by atoms with Gasteiger partial charge in [-0.05, 0) is 103 Å². The van der Waals surface area contributed by atoms with Gasteiger partial charge in [-0.1, -0.05) is 149 Å². The minimum atomic E-state index is -0.135. The molecule has 9 aromatic rings. The second-order valence-electron chi connectivity index (χ2n) is 16.1. The molecule has 2 aliphatic carbocycles. The van der Waals surface area contributed by atoms with Gasteiger partial charge in [0.2, 0.25) is 0 Å². The molecule has 0 radical (unpaired) electrons. The van der Waals surface area contributed by atoms with Gasteiger partial charge in [-0.25, -0.2) is 0 Å². The van der Waals surface area contributed by atoms with Gasteiger partial charge in [-0.2, -0.15) is 0 Å². The third-order valence-corrected chi connectivity index (χ3v) is 12.4. The van der Waals surface area contributed by atoms with Crippen molar-refractivity contribution in [3.63, 3.8) is 0 Å². The van der Waals surface area contributed by atoms with Gasteiger partial charge in [0.05, 0.1) is 11.1 Å². The minimum Gasteiger partial charge on any atom is -0.455 e. The molecule has 0 aliphatic heterocycles. The topological polar surface area (TPSA) is 16.4 Å². The van der Waals surface area contributed by atoms with Crippen molar-refractivity contribution in [1.82, 2.24) is 0 Å². The Morgan fingerprint density at radius 2 is 0.981 bits per heavy atom. The summed E-state index contributed by atoms with van der Waals surface area (Å²) < 4.78 is 6.98. The Labute approximate surface area is 315 Å². The van der Waals surface area contributed by atoms with Crippen LogP contribution in [0.15, 0.2) is 168 Å². The SMILES string of the molecule is CC1(C)c2ccccc2-c2ccc(N(c3ccc4c(c3)C(C)(C)c3ccccc3-4)c3cccc4oc5c(-c6ccccc6)cc6ccccc6c5c34)cc21. The van der Waals surface area contributed by atoms with E-state index in [1.165, 1.54) is 55.3 Å². The molecule has 0 spiro atoms. The van der Waals surface area contributed by atoms with Crippen LogP contribution < -0.4 is 4.90 Å². The number of hydrogen-bond donors (Lipinski definition) is 0. The van der Waals surface area contributed by atoms with E-state index in [2.05, 4.69) is 196 Å². The van der Waals surface area contributed by atoms with Gasteiger partial charge >= 0.3 is 0 Å². The van der Waals surface area contributed by atoms with Crippen LogP contribution in [0.25, 0.3) is 66.1 Å². The molecule has 1 heterocycles. The molecule has 0 amide bonds. The molecule has 1 aromatic heterocycles. The summed E-state index contributed by atoms with van der Waals surface area (Å²) in [6.07, 6.45) is 0. The average Bonchev–Trinajstić information content (AvgIpc) is 3.79. The van der Waals surface area contributed by atoms with Gasteiger partial charge in [0.25, 0.3) is 0 Å². The second kappa shape index (κ2) is 11.1. The van der Waals surface area contributed by atoms with Crippen molar-refractivity contribution in [2.24, 2.45) is 0 Å². The van der Waals surface area contributed by atoms with Gasteiger partial charge < -0.3 is 9.32 Å². The summed E-state index contributed by atoms with van der Waals surface area (Å²) in [5, 5.41) is 4.65. The Morgan fingerprint density at radius 3 is 1.63 bits per heavy atom. The molecule has 11 rings (SSSR count). The van der Waals surface area contributed by atoms with E-state index >= 15 is 0 Å². The van der Waals surface area contributed by atoms with Crippen molar-refractivity contribution in [3.8, 4) is 33.4 Å². The lowest BCUT2D eigenvalue weighted by atomic mass is 9.82. The Balaban J connectivity index is 1.22. The normalized spacial score (nSPS) is 14.6. The number of anilines is 3. The van der Waals surface area contributed by atoms with Crippen molar-refractivity contribution in [3.05, 3.63) is 186 Å². The monoisotopic (exact) mass is 693 g/mol. The van der Waals surface area contributed by atoms with Crippen LogP contribution in [-0.2, 0) is 10.8 Å². The molecule has 8 aromatic carbocycles. The maximum Gasteiger partial charge on any atom is 0.143 e. The Bertz CT molecular complexity index is 2890. The van der Waals surface area contributed by atoms with Gasteiger partial charge in [-0.15, -0.1) is 0 Å². The molecular weight excluding hydrogens is 655 g/mol. The van der Waals surface area contributed by atoms with Crippen LogP contribution in [0.5, 0.6) is 0 Å². The first kappa shape index (κ1) is 31.2. The molecule has 54 heavy (non-hydrogen) atoms. The van der Waals surface area contributed by atoms with Crippen LogP contribution >= 0.6 is 0 Å². The predicted octanol–water partition coefficient (Wildman–Crippen LogP) is 14.5. The zero-order chi connectivity index (χ0) is 36.3. The highest BCUT2D eigenvalue weighted by Gasteiger charge is 2.38. The summed E-state index contributed by atoms with van der Waals surface area (Å²) >= 11 is 0. The predicted molar refractivity (Wildman–Crippen MR) is 226 cm³/mol. The van der Waals surface area contributed by atoms with Crippen LogP contribution in [0.2, 0.25) is 0 Å². The first-order chi connectivity index (χ1) is 26.3. The van der Waals surface area contributed by atoms with Crippen molar-refractivity contribution in [2.75, 3.05) is 4.90 Å². The zero-order valence-corrected chi connectivity index (χ0v) is 30.9. The summed E-state index contributed by atoms with van der Waals surface area (Å²) in [7, 11) is 0. The maximum atomic E-state index is 6.98. The van der Waals surface area contributed by atoms with Gasteiger partial charge in [0, 0.05) is 33.2 Å². The molecule has 2 nitrogen and oxygen atoms in total. The highest BCUT2D eigenvalue weighted by Crippen LogP contribution is 2.54. The number of nitrogens with zero attached hydrogens (tertiary/aromatic N) is 1. The third kappa shape index (κ3) is 4.23. The molecule has 258 valence electrons. The summed E-state index contributed by atoms with van der Waals surface area (Å²) in [6, 6.07) is 60.2. The van der Waals surface area contributed by atoms with Gasteiger partial charge in [0.1, 0.15) is 11.2 Å². The number of hydrogen-bond acceptors (Lipinski definition) is 2. The number of fused-ring (bicyclic) bond motifs is 11. The Morgan fingerprint density at radius 1 is 0.426 bits per heavy atom. The molecule has 0 unspecified atom stereocenters. The highest BCUT2D eigenvalue weighted by molar-refractivity contribution is 6.26. The number of furan rings is 1.